The number of aliphatic carboxylic acids is 1. The molecule has 0 aliphatic carbocycles. The lowest BCUT2D eigenvalue weighted by Gasteiger charge is -2.23. The predicted molar refractivity (Wildman–Crippen MR) is 94.9 cm³/mol. The van der Waals surface area contributed by atoms with Crippen molar-refractivity contribution in [2.24, 2.45) is 0 Å². The first-order chi connectivity index (χ1) is 12.4. The van der Waals surface area contributed by atoms with E-state index in [4.69, 9.17) is 21.4 Å². The lowest BCUT2D eigenvalue weighted by atomic mass is 10.1. The molecule has 1 aromatic rings. The van der Waals surface area contributed by atoms with Crippen LogP contribution in [0.3, 0.4) is 0 Å². The second kappa shape index (κ2) is 9.40. The molecule has 3 amide bonds. The van der Waals surface area contributed by atoms with Crippen molar-refractivity contribution >= 4 is 29.5 Å². The van der Waals surface area contributed by atoms with Gasteiger partial charge in [0, 0.05) is 31.3 Å². The van der Waals surface area contributed by atoms with Gasteiger partial charge in [-0.25, -0.2) is 4.79 Å². The second-order valence-electron chi connectivity index (χ2n) is 6.05. The third-order valence-electron chi connectivity index (χ3n) is 4.21. The Morgan fingerprint density at radius 1 is 1.27 bits per heavy atom. The number of nitrogens with one attached hydrogen (secondary N) is 2. The fraction of sp³-hybridized carbons (Fsp3) is 0.471. The summed E-state index contributed by atoms with van der Waals surface area (Å²) in [4.78, 5) is 36.6. The molecule has 0 spiro atoms. The Morgan fingerprint density at radius 2 is 1.96 bits per heavy atom. The van der Waals surface area contributed by atoms with Crippen LogP contribution in [0.5, 0.6) is 0 Å². The monoisotopic (exact) mass is 383 g/mol. The fourth-order valence-corrected chi connectivity index (χ4v) is 2.98. The number of carbonyl (C=O) groups is 3. The summed E-state index contributed by atoms with van der Waals surface area (Å²) in [7, 11) is 1.53. The molecule has 1 heterocycles. The molecule has 2 atom stereocenters. The maximum atomic E-state index is 12.3. The molecule has 142 valence electrons. The van der Waals surface area contributed by atoms with Gasteiger partial charge in [-0.1, -0.05) is 23.7 Å². The molecule has 8 nitrogen and oxygen atoms in total. The van der Waals surface area contributed by atoms with Crippen LogP contribution in [0.2, 0.25) is 5.02 Å². The first-order valence-corrected chi connectivity index (χ1v) is 8.57. The number of rotatable bonds is 7. The van der Waals surface area contributed by atoms with Gasteiger partial charge in [0.05, 0.1) is 19.1 Å². The summed E-state index contributed by atoms with van der Waals surface area (Å²) in [6, 6.07) is 6.12. The molecule has 1 aromatic carbocycles. The number of benzene rings is 1. The molecule has 26 heavy (non-hydrogen) atoms. The summed E-state index contributed by atoms with van der Waals surface area (Å²) in [5.41, 5.74) is 0.875. The summed E-state index contributed by atoms with van der Waals surface area (Å²) in [5, 5.41) is 14.7. The van der Waals surface area contributed by atoms with Crippen LogP contribution in [0.1, 0.15) is 18.4 Å². The van der Waals surface area contributed by atoms with Gasteiger partial charge in [-0.05, 0) is 24.1 Å². The molecular formula is C17H22ClN3O5. The highest BCUT2D eigenvalue weighted by atomic mass is 35.5. The van der Waals surface area contributed by atoms with Crippen molar-refractivity contribution in [3.8, 4) is 0 Å². The molecule has 0 aromatic heterocycles. The van der Waals surface area contributed by atoms with Crippen LogP contribution < -0.4 is 10.6 Å². The normalized spacial score (nSPS) is 19.2. The van der Waals surface area contributed by atoms with Gasteiger partial charge in [-0.15, -0.1) is 0 Å². The van der Waals surface area contributed by atoms with Crippen molar-refractivity contribution in [3.63, 3.8) is 0 Å². The van der Waals surface area contributed by atoms with Crippen LogP contribution >= 0.6 is 11.6 Å². The van der Waals surface area contributed by atoms with Gasteiger partial charge < -0.3 is 25.4 Å². The van der Waals surface area contributed by atoms with E-state index in [1.54, 1.807) is 24.3 Å². The summed E-state index contributed by atoms with van der Waals surface area (Å²) in [6.07, 6.45) is 0.133. The van der Waals surface area contributed by atoms with Crippen LogP contribution in [0.4, 0.5) is 4.79 Å². The number of nitrogens with zero attached hydrogens (tertiary/aromatic N) is 1. The Labute approximate surface area is 156 Å². The van der Waals surface area contributed by atoms with Crippen molar-refractivity contribution in [2.75, 3.05) is 20.2 Å². The number of hydrogen-bond donors (Lipinski definition) is 3. The molecule has 1 aliphatic heterocycles. The summed E-state index contributed by atoms with van der Waals surface area (Å²) in [6.45, 7) is 0.411. The highest BCUT2D eigenvalue weighted by Gasteiger charge is 2.36. The standard InChI is InChI=1S/C17H22ClN3O5/c1-26-14-6-13(7-16(23)24)21(10-14)15(22)9-20-17(25)19-8-11-2-4-12(18)5-3-11/h2-5,13-14H,6-10H2,1H3,(H,23,24)(H2,19,20,25). The van der Waals surface area contributed by atoms with E-state index in [2.05, 4.69) is 10.6 Å². The first kappa shape index (κ1) is 20.0. The quantitative estimate of drug-likeness (QED) is 0.656. The van der Waals surface area contributed by atoms with E-state index in [0.29, 0.717) is 24.5 Å². The van der Waals surface area contributed by atoms with Crippen LogP contribution in [0.15, 0.2) is 24.3 Å². The SMILES string of the molecule is COC1CC(CC(=O)O)N(C(=O)CNC(=O)NCc2ccc(Cl)cc2)C1. The van der Waals surface area contributed by atoms with Crippen molar-refractivity contribution in [1.29, 1.82) is 0 Å². The predicted octanol–water partition coefficient (Wildman–Crippen LogP) is 1.23. The van der Waals surface area contributed by atoms with Gasteiger partial charge in [0.25, 0.3) is 0 Å². The molecule has 1 fully saturated rings. The van der Waals surface area contributed by atoms with Gasteiger partial charge >= 0.3 is 12.0 Å². The van der Waals surface area contributed by atoms with Crippen molar-refractivity contribution < 1.29 is 24.2 Å². The Hall–Kier alpha value is -2.32. The minimum atomic E-state index is -0.974. The molecule has 9 heteroatoms. The molecule has 0 saturated carbocycles. The number of carboxylic acids is 1. The number of ether oxygens (including phenoxy) is 1. The Kier molecular flexibility index (Phi) is 7.23. The highest BCUT2D eigenvalue weighted by Crippen LogP contribution is 2.22. The molecule has 0 radical (unpaired) electrons. The molecular weight excluding hydrogens is 362 g/mol. The van der Waals surface area contributed by atoms with Gasteiger partial charge in [0.15, 0.2) is 0 Å². The Bertz CT molecular complexity index is 652. The number of amides is 3. The van der Waals surface area contributed by atoms with E-state index < -0.39 is 18.0 Å². The number of carboxylic acid groups (broad SMARTS) is 1. The molecule has 3 N–H and O–H groups in total. The third-order valence-corrected chi connectivity index (χ3v) is 4.46. The summed E-state index contributed by atoms with van der Waals surface area (Å²) >= 11 is 5.80. The third kappa shape index (κ3) is 5.89. The van der Waals surface area contributed by atoms with E-state index in [1.165, 1.54) is 12.0 Å². The zero-order chi connectivity index (χ0) is 19.1. The lowest BCUT2D eigenvalue weighted by Crippen LogP contribution is -2.45. The maximum Gasteiger partial charge on any atom is 0.315 e. The largest absolute Gasteiger partial charge is 0.481 e. The Balaban J connectivity index is 1.79. The number of halogens is 1. The number of urea groups is 1. The van der Waals surface area contributed by atoms with Crippen LogP contribution in [0.25, 0.3) is 0 Å². The van der Waals surface area contributed by atoms with Crippen LogP contribution in [-0.2, 0) is 20.9 Å². The van der Waals surface area contributed by atoms with Gasteiger partial charge in [0.1, 0.15) is 0 Å². The smallest absolute Gasteiger partial charge is 0.315 e. The average Bonchev–Trinajstić information content (AvgIpc) is 3.01. The molecule has 1 aliphatic rings. The number of methoxy groups -OCH3 is 1. The van der Waals surface area contributed by atoms with Crippen molar-refractivity contribution in [2.45, 2.75) is 31.5 Å². The molecule has 2 rings (SSSR count). The first-order valence-electron chi connectivity index (χ1n) is 8.19. The van der Waals surface area contributed by atoms with E-state index in [-0.39, 0.29) is 25.0 Å². The molecule has 1 saturated heterocycles. The van der Waals surface area contributed by atoms with E-state index in [1.807, 2.05) is 0 Å². The second-order valence-corrected chi connectivity index (χ2v) is 6.49. The summed E-state index contributed by atoms with van der Waals surface area (Å²) < 4.78 is 5.23. The molecule has 2 unspecified atom stereocenters. The lowest BCUT2D eigenvalue weighted by molar-refractivity contribution is -0.139. The summed E-state index contributed by atoms with van der Waals surface area (Å²) in [5.74, 6) is -1.31. The van der Waals surface area contributed by atoms with Crippen molar-refractivity contribution in [1.82, 2.24) is 15.5 Å². The maximum absolute atomic E-state index is 12.3. The fourth-order valence-electron chi connectivity index (χ4n) is 2.85. The van der Waals surface area contributed by atoms with E-state index >= 15 is 0 Å². The minimum absolute atomic E-state index is 0.144. The molecule has 0 bridgehead atoms. The topological polar surface area (TPSA) is 108 Å². The van der Waals surface area contributed by atoms with Gasteiger partial charge in [-0.2, -0.15) is 0 Å². The van der Waals surface area contributed by atoms with E-state index in [9.17, 15) is 14.4 Å². The zero-order valence-corrected chi connectivity index (χ0v) is 15.2. The minimum Gasteiger partial charge on any atom is -0.481 e. The van der Waals surface area contributed by atoms with Crippen molar-refractivity contribution in [3.05, 3.63) is 34.9 Å². The zero-order valence-electron chi connectivity index (χ0n) is 14.4. The van der Waals surface area contributed by atoms with Crippen LogP contribution in [0, 0.1) is 0 Å². The number of carbonyl (C=O) groups excluding carboxylic acids is 2. The van der Waals surface area contributed by atoms with Gasteiger partial charge in [-0.3, -0.25) is 9.59 Å². The van der Waals surface area contributed by atoms with E-state index in [0.717, 1.165) is 5.56 Å². The highest BCUT2D eigenvalue weighted by molar-refractivity contribution is 6.30. The number of likely N-dealkylation sites (tertiary alicyclic amines) is 1. The average molecular weight is 384 g/mol. The Morgan fingerprint density at radius 3 is 2.58 bits per heavy atom. The van der Waals surface area contributed by atoms with Crippen LogP contribution in [-0.4, -0.2) is 60.3 Å². The number of hydrogen-bond acceptors (Lipinski definition) is 4. The van der Waals surface area contributed by atoms with Gasteiger partial charge in [0.2, 0.25) is 5.91 Å².